The highest BCUT2D eigenvalue weighted by Crippen LogP contribution is 2.30. The van der Waals surface area contributed by atoms with Crippen molar-refractivity contribution in [2.75, 3.05) is 26.8 Å². The molecule has 0 aliphatic carbocycles. The number of carbonyl (C=O) groups excluding carboxylic acids is 1. The molecule has 1 aromatic rings. The van der Waals surface area contributed by atoms with Crippen molar-refractivity contribution in [2.45, 2.75) is 39.2 Å². The Hall–Kier alpha value is -1.46. The van der Waals surface area contributed by atoms with Crippen LogP contribution in [0.15, 0.2) is 18.2 Å². The number of ether oxygens (including phenoxy) is 2. The second-order valence-electron chi connectivity index (χ2n) is 6.03. The second-order valence-corrected chi connectivity index (χ2v) is 6.03. The highest BCUT2D eigenvalue weighted by Gasteiger charge is 2.17. The van der Waals surface area contributed by atoms with Crippen molar-refractivity contribution in [3.63, 3.8) is 0 Å². The monoisotopic (exact) mass is 356 g/mol. The van der Waals surface area contributed by atoms with E-state index in [-0.39, 0.29) is 24.4 Å². The molecule has 2 atom stereocenters. The Morgan fingerprint density at radius 2 is 2.21 bits per heavy atom. The van der Waals surface area contributed by atoms with E-state index in [2.05, 4.69) is 10.6 Å². The van der Waals surface area contributed by atoms with Gasteiger partial charge in [0, 0.05) is 6.42 Å². The van der Waals surface area contributed by atoms with Crippen LogP contribution in [0.5, 0.6) is 11.5 Å². The van der Waals surface area contributed by atoms with Gasteiger partial charge in [-0.05, 0) is 63.4 Å². The van der Waals surface area contributed by atoms with Crippen molar-refractivity contribution in [2.24, 2.45) is 5.92 Å². The molecular weight excluding hydrogens is 328 g/mol. The molecule has 0 spiro atoms. The lowest BCUT2D eigenvalue weighted by molar-refractivity contribution is -0.122. The summed E-state index contributed by atoms with van der Waals surface area (Å²) in [5.41, 5.74) is 1.01. The fourth-order valence-corrected chi connectivity index (χ4v) is 2.92. The zero-order chi connectivity index (χ0) is 16.7. The number of methoxy groups -OCH3 is 1. The van der Waals surface area contributed by atoms with Crippen LogP contribution in [-0.4, -0.2) is 32.7 Å². The SMILES string of the molecule is CCOc1ccc(C(C)NC(=O)CCC2CCNC2)cc1OC.Cl. The first kappa shape index (κ1) is 20.6. The van der Waals surface area contributed by atoms with Gasteiger partial charge in [-0.15, -0.1) is 12.4 Å². The van der Waals surface area contributed by atoms with Gasteiger partial charge in [-0.25, -0.2) is 0 Å². The van der Waals surface area contributed by atoms with E-state index >= 15 is 0 Å². The summed E-state index contributed by atoms with van der Waals surface area (Å²) >= 11 is 0. The summed E-state index contributed by atoms with van der Waals surface area (Å²) < 4.78 is 10.9. The predicted octanol–water partition coefficient (Wildman–Crippen LogP) is 3.08. The van der Waals surface area contributed by atoms with Crippen molar-refractivity contribution < 1.29 is 14.3 Å². The number of hydrogen-bond donors (Lipinski definition) is 2. The molecule has 0 saturated carbocycles. The molecule has 2 unspecified atom stereocenters. The molecule has 24 heavy (non-hydrogen) atoms. The minimum absolute atomic E-state index is 0. The summed E-state index contributed by atoms with van der Waals surface area (Å²) in [6.45, 7) is 6.64. The molecule has 1 aliphatic heterocycles. The molecule has 0 radical (unpaired) electrons. The molecule has 0 aromatic heterocycles. The largest absolute Gasteiger partial charge is 0.493 e. The van der Waals surface area contributed by atoms with Gasteiger partial charge in [0.15, 0.2) is 11.5 Å². The normalized spacial score (nSPS) is 17.7. The summed E-state index contributed by atoms with van der Waals surface area (Å²) in [5.74, 6) is 2.17. The van der Waals surface area contributed by atoms with Crippen LogP contribution in [0.3, 0.4) is 0 Å². The Labute approximate surface area is 150 Å². The summed E-state index contributed by atoms with van der Waals surface area (Å²) in [4.78, 5) is 12.1. The number of halogens is 1. The fourth-order valence-electron chi connectivity index (χ4n) is 2.92. The molecule has 5 nitrogen and oxygen atoms in total. The van der Waals surface area contributed by atoms with Gasteiger partial charge < -0.3 is 20.1 Å². The topological polar surface area (TPSA) is 59.6 Å². The molecule has 1 aromatic carbocycles. The summed E-state index contributed by atoms with van der Waals surface area (Å²) in [7, 11) is 1.63. The molecule has 1 heterocycles. The van der Waals surface area contributed by atoms with Crippen molar-refractivity contribution >= 4 is 18.3 Å². The third kappa shape index (κ3) is 5.87. The lowest BCUT2D eigenvalue weighted by Gasteiger charge is -2.17. The van der Waals surface area contributed by atoms with E-state index in [1.807, 2.05) is 32.0 Å². The van der Waals surface area contributed by atoms with Crippen molar-refractivity contribution in [1.82, 2.24) is 10.6 Å². The van der Waals surface area contributed by atoms with E-state index in [1.54, 1.807) is 7.11 Å². The number of hydrogen-bond acceptors (Lipinski definition) is 4. The van der Waals surface area contributed by atoms with Crippen LogP contribution in [0, 0.1) is 5.92 Å². The van der Waals surface area contributed by atoms with E-state index in [1.165, 1.54) is 6.42 Å². The maximum atomic E-state index is 12.1. The average molecular weight is 357 g/mol. The minimum atomic E-state index is -0.0474. The third-order valence-electron chi connectivity index (χ3n) is 4.31. The van der Waals surface area contributed by atoms with Crippen molar-refractivity contribution in [3.8, 4) is 11.5 Å². The van der Waals surface area contributed by atoms with Crippen molar-refractivity contribution in [1.29, 1.82) is 0 Å². The van der Waals surface area contributed by atoms with Crippen LogP contribution < -0.4 is 20.1 Å². The average Bonchev–Trinajstić information content (AvgIpc) is 3.07. The molecule has 1 amide bonds. The number of benzene rings is 1. The van der Waals surface area contributed by atoms with Crippen LogP contribution >= 0.6 is 12.4 Å². The second kappa shape index (κ2) is 10.4. The molecule has 1 fully saturated rings. The highest BCUT2D eigenvalue weighted by atomic mass is 35.5. The zero-order valence-corrected chi connectivity index (χ0v) is 15.6. The lowest BCUT2D eigenvalue weighted by Crippen LogP contribution is -2.27. The Balaban J connectivity index is 0.00000288. The zero-order valence-electron chi connectivity index (χ0n) is 14.8. The van der Waals surface area contributed by atoms with Gasteiger partial charge in [0.1, 0.15) is 0 Å². The Bertz CT molecular complexity index is 519. The van der Waals surface area contributed by atoms with Crippen LogP contribution in [0.2, 0.25) is 0 Å². The van der Waals surface area contributed by atoms with Crippen LogP contribution in [-0.2, 0) is 4.79 Å². The maximum Gasteiger partial charge on any atom is 0.220 e. The number of rotatable bonds is 8. The van der Waals surface area contributed by atoms with Crippen molar-refractivity contribution in [3.05, 3.63) is 23.8 Å². The summed E-state index contributed by atoms with van der Waals surface area (Å²) in [6.07, 6.45) is 2.72. The van der Waals surface area contributed by atoms with E-state index in [9.17, 15) is 4.79 Å². The predicted molar refractivity (Wildman–Crippen MR) is 98.2 cm³/mol. The van der Waals surface area contributed by atoms with Gasteiger partial charge in [-0.1, -0.05) is 6.07 Å². The van der Waals surface area contributed by atoms with E-state index in [0.717, 1.165) is 30.8 Å². The minimum Gasteiger partial charge on any atom is -0.493 e. The van der Waals surface area contributed by atoms with E-state index in [4.69, 9.17) is 9.47 Å². The first-order valence-electron chi connectivity index (χ1n) is 8.44. The first-order chi connectivity index (χ1) is 11.1. The number of amides is 1. The van der Waals surface area contributed by atoms with Gasteiger partial charge >= 0.3 is 0 Å². The fraction of sp³-hybridized carbons (Fsp3) is 0.611. The Morgan fingerprint density at radius 3 is 2.83 bits per heavy atom. The van der Waals surface area contributed by atoms with Crippen LogP contribution in [0.1, 0.15) is 44.7 Å². The van der Waals surface area contributed by atoms with Crippen LogP contribution in [0.25, 0.3) is 0 Å². The standard InChI is InChI=1S/C18H28N2O3.ClH/c1-4-23-16-7-6-15(11-17(16)22-3)13(2)20-18(21)8-5-14-9-10-19-12-14;/h6-7,11,13-14,19H,4-5,8-10,12H2,1-3H3,(H,20,21);1H. The molecule has 1 saturated heterocycles. The summed E-state index contributed by atoms with van der Waals surface area (Å²) in [5, 5.41) is 6.40. The van der Waals surface area contributed by atoms with Gasteiger partial charge in [0.25, 0.3) is 0 Å². The van der Waals surface area contributed by atoms with E-state index in [0.29, 0.717) is 24.7 Å². The molecule has 6 heteroatoms. The smallest absolute Gasteiger partial charge is 0.220 e. The number of nitrogens with one attached hydrogen (secondary N) is 2. The Kier molecular flexibility index (Phi) is 8.93. The molecular formula is C18H29ClN2O3. The van der Waals surface area contributed by atoms with Gasteiger partial charge in [-0.2, -0.15) is 0 Å². The molecule has 2 N–H and O–H groups in total. The first-order valence-corrected chi connectivity index (χ1v) is 8.44. The van der Waals surface area contributed by atoms with Crippen LogP contribution in [0.4, 0.5) is 0 Å². The lowest BCUT2D eigenvalue weighted by atomic mass is 10.0. The van der Waals surface area contributed by atoms with Gasteiger partial charge in [0.2, 0.25) is 5.91 Å². The van der Waals surface area contributed by atoms with E-state index < -0.39 is 0 Å². The molecule has 0 bridgehead atoms. The summed E-state index contributed by atoms with van der Waals surface area (Å²) in [6, 6.07) is 5.74. The molecule has 1 aliphatic rings. The third-order valence-corrected chi connectivity index (χ3v) is 4.31. The quantitative estimate of drug-likeness (QED) is 0.751. The van der Waals surface area contributed by atoms with Gasteiger partial charge in [-0.3, -0.25) is 4.79 Å². The molecule has 2 rings (SSSR count). The Morgan fingerprint density at radius 1 is 1.42 bits per heavy atom. The highest BCUT2D eigenvalue weighted by molar-refractivity contribution is 5.85. The number of carbonyl (C=O) groups is 1. The maximum absolute atomic E-state index is 12.1. The molecule has 136 valence electrons. The van der Waals surface area contributed by atoms with Gasteiger partial charge in [0.05, 0.1) is 19.8 Å².